The number of alkyl halides is 1. The molecule has 85 heavy (non-hydrogen) atoms. The Bertz CT molecular complexity index is 3970. The van der Waals surface area contributed by atoms with Crippen molar-refractivity contribution in [1.29, 1.82) is 0 Å². The maximum absolute atomic E-state index is 14.7. The van der Waals surface area contributed by atoms with E-state index in [1.54, 1.807) is 44.0 Å². The van der Waals surface area contributed by atoms with E-state index >= 15 is 0 Å². The largest absolute Gasteiger partial charge is 0.342 e. The van der Waals surface area contributed by atoms with Crippen LogP contribution in [0.3, 0.4) is 0 Å². The fourth-order valence-electron chi connectivity index (χ4n) is 12.0. The fraction of sp³-hybridized carbons (Fsp3) is 0.323. The molecular weight excluding hydrogens is 1100 g/mol. The number of benzene rings is 4. The molecule has 13 rings (SSSR count). The van der Waals surface area contributed by atoms with E-state index in [4.69, 9.17) is 0 Å². The van der Waals surface area contributed by atoms with Gasteiger partial charge in [-0.3, -0.25) is 39.6 Å². The molecule has 3 fully saturated rings. The predicted octanol–water partition coefficient (Wildman–Crippen LogP) is 9.90. The number of likely N-dealkylation sites (N-methyl/N-ethyl adjacent to an activating group) is 1. The van der Waals surface area contributed by atoms with Crippen LogP contribution in [-0.2, 0) is 22.7 Å². The van der Waals surface area contributed by atoms with Gasteiger partial charge in [-0.2, -0.15) is 10.2 Å². The van der Waals surface area contributed by atoms with Crippen LogP contribution in [0.15, 0.2) is 134 Å². The maximum atomic E-state index is 14.7. The lowest BCUT2D eigenvalue weighted by Gasteiger charge is -2.47. The lowest BCUT2D eigenvalue weighted by molar-refractivity contribution is -0.151. The Kier molecular flexibility index (Phi) is 15.8. The third-order valence-corrected chi connectivity index (χ3v) is 16.6. The van der Waals surface area contributed by atoms with E-state index in [1.807, 2.05) is 91.8 Å². The number of piperidine rings is 2. The van der Waals surface area contributed by atoms with Crippen LogP contribution in [0, 0.1) is 23.3 Å². The number of nitrogens with one attached hydrogen (secondary N) is 2. The Labute approximate surface area is 485 Å². The van der Waals surface area contributed by atoms with Crippen LogP contribution in [0.5, 0.6) is 0 Å². The molecule has 3 saturated heterocycles. The van der Waals surface area contributed by atoms with E-state index in [1.165, 1.54) is 48.2 Å². The highest BCUT2D eigenvalue weighted by atomic mass is 19.2. The Balaban J connectivity index is 0.000000167. The molecule has 9 heterocycles. The summed E-state index contributed by atoms with van der Waals surface area (Å²) in [6.45, 7) is 7.22. The number of halogens is 5. The number of nitrogens with zero attached hydrogens (tertiary/aromatic N) is 14. The second-order valence-corrected chi connectivity index (χ2v) is 22.2. The first-order valence-corrected chi connectivity index (χ1v) is 28.4. The zero-order valence-corrected chi connectivity index (χ0v) is 47.0. The van der Waals surface area contributed by atoms with Crippen LogP contribution >= 0.6 is 0 Å². The van der Waals surface area contributed by atoms with Gasteiger partial charge in [-0.15, -0.1) is 10.2 Å². The van der Waals surface area contributed by atoms with Crippen molar-refractivity contribution < 1.29 is 31.5 Å². The highest BCUT2D eigenvalue weighted by Gasteiger charge is 2.46. The van der Waals surface area contributed by atoms with E-state index in [0.29, 0.717) is 57.6 Å². The van der Waals surface area contributed by atoms with E-state index < -0.39 is 41.0 Å². The minimum absolute atomic E-state index is 0.00421. The quantitative estimate of drug-likeness (QED) is 0.0982. The summed E-state index contributed by atoms with van der Waals surface area (Å²) in [5.74, 6) is -2.97. The molecule has 0 unspecified atom stereocenters. The number of hydrogen-bond acceptors (Lipinski definition) is 12. The molecule has 0 saturated carbocycles. The molecule has 3 aliphatic heterocycles. The molecule has 23 heteroatoms. The monoisotopic (exact) mass is 1160 g/mol. The average molecular weight is 1160 g/mol. The van der Waals surface area contributed by atoms with Gasteiger partial charge in [-0.1, -0.05) is 22.6 Å². The van der Waals surface area contributed by atoms with Gasteiger partial charge in [-0.25, -0.2) is 31.3 Å². The SMILES string of the molecule is CC1(F)CN(C(=O)[C@@H]2CC[C@@H](c3cn(-c4ccc5[nH]nc(-c6ccncc6)c5c4)nn3)CN2Cc2c(F)cccc2F)C1.CCN(CC)C(=O)[C@@H]1CC[C@@H](c2cn(-c3ccc4[nH]nc(-c5ccncc5)c4c3)nn2)CN1Cc1c(F)cccc1F. The summed E-state index contributed by atoms with van der Waals surface area (Å²) in [6, 6.07) is 25.9. The molecule has 18 nitrogen and oxygen atoms in total. The Hall–Kier alpha value is -9.09. The minimum Gasteiger partial charge on any atom is -0.342 e. The fourth-order valence-corrected chi connectivity index (χ4v) is 12.0. The third kappa shape index (κ3) is 11.6. The Morgan fingerprint density at radius 1 is 0.600 bits per heavy atom. The number of fused-ring (bicyclic) bond motifs is 2. The van der Waals surface area contributed by atoms with Gasteiger partial charge < -0.3 is 9.80 Å². The van der Waals surface area contributed by atoms with Gasteiger partial charge in [0.15, 0.2) is 0 Å². The summed E-state index contributed by atoms with van der Waals surface area (Å²) in [4.78, 5) is 41.9. The molecule has 0 bridgehead atoms. The number of H-pyrrole nitrogens is 2. The summed E-state index contributed by atoms with van der Waals surface area (Å²) in [6.07, 6.45) is 13.0. The molecule has 2 amide bonds. The summed E-state index contributed by atoms with van der Waals surface area (Å²) >= 11 is 0. The van der Waals surface area contributed by atoms with Gasteiger partial charge in [0.2, 0.25) is 11.8 Å². The molecule has 10 aromatic rings. The van der Waals surface area contributed by atoms with Crippen LogP contribution in [0.25, 0.3) is 55.7 Å². The number of aromatic amines is 2. The molecule has 3 aliphatic rings. The lowest BCUT2D eigenvalue weighted by Crippen LogP contribution is -2.63. The van der Waals surface area contributed by atoms with Crippen molar-refractivity contribution >= 4 is 33.6 Å². The summed E-state index contributed by atoms with van der Waals surface area (Å²) in [7, 11) is 0. The van der Waals surface area contributed by atoms with Gasteiger partial charge in [0.25, 0.3) is 0 Å². The molecule has 0 aliphatic carbocycles. The van der Waals surface area contributed by atoms with Crippen LogP contribution in [0.4, 0.5) is 22.0 Å². The molecule has 4 aromatic carbocycles. The standard InChI is InChI=1S/C31H29F3N8O.C31H32F2N8O/c1-31(34)17-41(18-31)30(43)28-8-5-20(14-40(28)15-23-24(32)3-2-4-25(23)33)27-16-42(39-37-27)21-6-7-26-22(13-21)29(38-36-26)19-9-11-35-12-10-19;1-3-39(4-2)31(42)29-11-8-21(17-40(29)18-24-25(32)6-5-7-26(24)33)28-19-41(38-36-28)22-9-10-27-23(16-22)30(37-35-27)20-12-14-34-15-13-20/h2-4,6-7,9-13,16,20,28H,5,8,14-15,17-18H2,1H3,(H,36,38);5-7,9-10,12-16,19,21,29H,3-4,8,11,17-18H2,1-2H3,(H,35,37)/t20-,28+;21-,29+/m11/s1. The van der Waals surface area contributed by atoms with Crippen molar-refractivity contribution in [1.82, 2.24) is 80.0 Å². The first-order chi connectivity index (χ1) is 41.2. The van der Waals surface area contributed by atoms with Crippen LogP contribution < -0.4 is 0 Å². The number of carbonyl (C=O) groups is 2. The van der Waals surface area contributed by atoms with Crippen molar-refractivity contribution in [2.75, 3.05) is 39.3 Å². The van der Waals surface area contributed by atoms with Gasteiger partial charge in [0.1, 0.15) is 40.3 Å². The summed E-state index contributed by atoms with van der Waals surface area (Å²) in [5.41, 5.74) is 6.86. The molecule has 436 valence electrons. The number of hydrogen-bond donors (Lipinski definition) is 2. The molecule has 2 N–H and O–H groups in total. The smallest absolute Gasteiger partial charge is 0.240 e. The van der Waals surface area contributed by atoms with Gasteiger partial charge in [-0.05, 0) is 131 Å². The summed E-state index contributed by atoms with van der Waals surface area (Å²) in [5, 5.41) is 34.7. The van der Waals surface area contributed by atoms with E-state index in [-0.39, 0.29) is 61.0 Å². The molecule has 6 aromatic heterocycles. The van der Waals surface area contributed by atoms with Crippen LogP contribution in [0.2, 0.25) is 0 Å². The number of aromatic nitrogens is 12. The number of likely N-dealkylation sites (tertiary alicyclic amines) is 3. The zero-order chi connectivity index (χ0) is 58.9. The number of carbonyl (C=O) groups excluding carboxylic acids is 2. The second-order valence-electron chi connectivity index (χ2n) is 22.2. The first-order valence-electron chi connectivity index (χ1n) is 28.4. The minimum atomic E-state index is -1.41. The van der Waals surface area contributed by atoms with E-state index in [9.17, 15) is 31.5 Å². The van der Waals surface area contributed by atoms with Crippen LogP contribution in [-0.4, -0.2) is 149 Å². The van der Waals surface area contributed by atoms with Crippen LogP contribution in [0.1, 0.15) is 80.8 Å². The predicted molar refractivity (Wildman–Crippen MR) is 308 cm³/mol. The van der Waals surface area contributed by atoms with Crippen molar-refractivity contribution in [2.24, 2.45) is 0 Å². The Morgan fingerprint density at radius 3 is 1.47 bits per heavy atom. The maximum Gasteiger partial charge on any atom is 0.240 e. The Morgan fingerprint density at radius 2 is 1.04 bits per heavy atom. The number of pyridine rings is 2. The highest BCUT2D eigenvalue weighted by Crippen LogP contribution is 2.37. The van der Waals surface area contributed by atoms with Crippen molar-refractivity contribution in [3.63, 3.8) is 0 Å². The molecule has 0 spiro atoms. The second kappa shape index (κ2) is 23.9. The first kappa shape index (κ1) is 56.4. The molecular formula is C62H61F5N16O2. The average Bonchev–Trinajstić information content (AvgIpc) is 3.58. The highest BCUT2D eigenvalue weighted by molar-refractivity contribution is 5.95. The van der Waals surface area contributed by atoms with Gasteiger partial charge in [0.05, 0.1) is 71.4 Å². The molecule has 4 atom stereocenters. The van der Waals surface area contributed by atoms with E-state index in [0.717, 1.165) is 61.4 Å². The zero-order valence-electron chi connectivity index (χ0n) is 47.0. The van der Waals surface area contributed by atoms with Crippen molar-refractivity contribution in [2.45, 2.75) is 89.1 Å². The van der Waals surface area contributed by atoms with Gasteiger partial charge in [0, 0.05) is 109 Å². The molecule has 0 radical (unpaired) electrons. The topological polar surface area (TPSA) is 192 Å². The van der Waals surface area contributed by atoms with Gasteiger partial charge >= 0.3 is 0 Å². The lowest BCUT2D eigenvalue weighted by atomic mass is 9.88. The van der Waals surface area contributed by atoms with E-state index in [2.05, 4.69) is 51.0 Å². The normalized spacial score (nSPS) is 18.9. The third-order valence-electron chi connectivity index (χ3n) is 16.6. The van der Waals surface area contributed by atoms with Crippen molar-refractivity contribution in [3.8, 4) is 33.9 Å². The number of amides is 2. The van der Waals surface area contributed by atoms with Crippen molar-refractivity contribution in [3.05, 3.63) is 180 Å². The summed E-state index contributed by atoms with van der Waals surface area (Å²) < 4.78 is 76.3. The number of rotatable bonds is 14.